The fourth-order valence-corrected chi connectivity index (χ4v) is 7.91. The first-order valence-corrected chi connectivity index (χ1v) is 13.9. The molecule has 0 radical (unpaired) electrons. The number of aromatic nitrogens is 3. The molecule has 2 fully saturated rings. The molecular formula is C28H37N5S. The summed E-state index contributed by atoms with van der Waals surface area (Å²) in [5.74, 6) is 2.73. The number of aryl methyl sites for hydroxylation is 2. The predicted octanol–water partition coefficient (Wildman–Crippen LogP) is 6.04. The summed E-state index contributed by atoms with van der Waals surface area (Å²) in [7, 11) is 0. The van der Waals surface area contributed by atoms with Crippen molar-refractivity contribution in [3.8, 4) is 5.00 Å². The van der Waals surface area contributed by atoms with Crippen LogP contribution in [-0.2, 0) is 0 Å². The van der Waals surface area contributed by atoms with Gasteiger partial charge in [0.1, 0.15) is 10.8 Å². The Kier molecular flexibility index (Phi) is 5.66. The summed E-state index contributed by atoms with van der Waals surface area (Å²) in [5, 5.41) is 17.9. The highest BCUT2D eigenvalue weighted by Gasteiger charge is 2.38. The highest BCUT2D eigenvalue weighted by molar-refractivity contribution is 7.14. The summed E-state index contributed by atoms with van der Waals surface area (Å²) >= 11 is 1.88. The van der Waals surface area contributed by atoms with Crippen LogP contribution in [0.5, 0.6) is 0 Å². The Morgan fingerprint density at radius 2 is 1.76 bits per heavy atom. The van der Waals surface area contributed by atoms with Gasteiger partial charge >= 0.3 is 0 Å². The molecular weight excluding hydrogens is 438 g/mol. The average Bonchev–Trinajstić information content (AvgIpc) is 3.52. The molecule has 6 heteroatoms. The van der Waals surface area contributed by atoms with Crippen molar-refractivity contribution < 1.29 is 0 Å². The normalized spacial score (nSPS) is 28.6. The van der Waals surface area contributed by atoms with E-state index in [2.05, 4.69) is 77.4 Å². The van der Waals surface area contributed by atoms with Gasteiger partial charge in [-0.2, -0.15) is 0 Å². The fourth-order valence-electron chi connectivity index (χ4n) is 6.66. The van der Waals surface area contributed by atoms with Gasteiger partial charge in [0.25, 0.3) is 0 Å². The Balaban J connectivity index is 1.32. The Labute approximate surface area is 207 Å². The lowest BCUT2D eigenvalue weighted by Gasteiger charge is -2.37. The van der Waals surface area contributed by atoms with Crippen LogP contribution in [-0.4, -0.2) is 27.9 Å². The van der Waals surface area contributed by atoms with Crippen LogP contribution >= 0.6 is 11.3 Å². The number of hydrogen-bond donors (Lipinski definition) is 2. The topological polar surface area (TPSA) is 54.8 Å². The summed E-state index contributed by atoms with van der Waals surface area (Å²) in [6.45, 7) is 11.3. The second kappa shape index (κ2) is 8.58. The van der Waals surface area contributed by atoms with Gasteiger partial charge in [0.15, 0.2) is 5.82 Å². The molecule has 180 valence electrons. The van der Waals surface area contributed by atoms with E-state index in [-0.39, 0.29) is 12.1 Å². The van der Waals surface area contributed by atoms with E-state index in [0.29, 0.717) is 11.3 Å². The van der Waals surface area contributed by atoms with Crippen molar-refractivity contribution in [2.75, 3.05) is 13.1 Å². The van der Waals surface area contributed by atoms with Crippen molar-refractivity contribution in [1.82, 2.24) is 25.4 Å². The van der Waals surface area contributed by atoms with Crippen LogP contribution in [0.2, 0.25) is 0 Å². The minimum atomic E-state index is 0.166. The monoisotopic (exact) mass is 475 g/mol. The number of rotatable bonds is 3. The number of hydrogen-bond acceptors (Lipinski definition) is 5. The molecule has 2 unspecified atom stereocenters. The van der Waals surface area contributed by atoms with E-state index < -0.39 is 0 Å². The number of nitrogens with one attached hydrogen (secondary N) is 2. The highest BCUT2D eigenvalue weighted by Crippen LogP contribution is 2.47. The maximum absolute atomic E-state index is 4.59. The van der Waals surface area contributed by atoms with E-state index in [1.165, 1.54) is 77.3 Å². The van der Waals surface area contributed by atoms with Gasteiger partial charge in [-0.3, -0.25) is 9.88 Å². The number of thiophene rings is 1. The quantitative estimate of drug-likeness (QED) is 0.485. The summed E-state index contributed by atoms with van der Waals surface area (Å²) in [6.07, 6.45) is 7.79. The van der Waals surface area contributed by atoms with Crippen molar-refractivity contribution in [2.24, 2.45) is 5.41 Å². The average molecular weight is 476 g/mol. The minimum Gasteiger partial charge on any atom is -0.316 e. The minimum absolute atomic E-state index is 0.166. The molecule has 2 atom stereocenters. The summed E-state index contributed by atoms with van der Waals surface area (Å²) < 4.78 is 2.30. The standard InChI is InChI=1S/C28H37N5S/c1-5-23-26-32-31-19(4)33(26)27-24(17(2)18(3)34-27)25(30-23)22-8-6-20(7-9-22)21-10-12-28(13-11-21)14-15-29-16-28/h6-9,21,23,25,29-30H,5,10-16H2,1-4H3. The van der Waals surface area contributed by atoms with E-state index in [9.17, 15) is 0 Å². The molecule has 1 aliphatic carbocycles. The lowest BCUT2D eigenvalue weighted by molar-refractivity contribution is 0.199. The molecule has 0 bridgehead atoms. The van der Waals surface area contributed by atoms with E-state index >= 15 is 0 Å². The molecule has 4 heterocycles. The molecule has 1 saturated carbocycles. The lowest BCUT2D eigenvalue weighted by Crippen LogP contribution is -2.29. The van der Waals surface area contributed by atoms with Crippen molar-refractivity contribution >= 4 is 11.3 Å². The van der Waals surface area contributed by atoms with Gasteiger partial charge in [0.05, 0.1) is 12.1 Å². The molecule has 5 nitrogen and oxygen atoms in total. The number of nitrogens with zero attached hydrogens (tertiary/aromatic N) is 3. The van der Waals surface area contributed by atoms with Gasteiger partial charge in [-0.25, -0.2) is 0 Å². The third-order valence-electron chi connectivity index (χ3n) is 8.96. The van der Waals surface area contributed by atoms with Crippen LogP contribution in [0.25, 0.3) is 5.00 Å². The van der Waals surface area contributed by atoms with E-state index in [0.717, 1.165) is 18.1 Å². The van der Waals surface area contributed by atoms with Gasteiger partial charge in [0.2, 0.25) is 0 Å². The largest absolute Gasteiger partial charge is 0.316 e. The molecule has 3 aliphatic rings. The van der Waals surface area contributed by atoms with Gasteiger partial charge < -0.3 is 5.32 Å². The molecule has 2 aliphatic heterocycles. The molecule has 34 heavy (non-hydrogen) atoms. The SMILES string of the molecule is CCC1NC(c2ccc(C3CCC4(CCNC4)CC3)cc2)c2c(sc(C)c2C)-n2c(C)nnc21. The molecule has 2 N–H and O–H groups in total. The predicted molar refractivity (Wildman–Crippen MR) is 139 cm³/mol. The Bertz CT molecular complexity index is 1170. The van der Waals surface area contributed by atoms with Crippen LogP contribution < -0.4 is 10.6 Å². The Hall–Kier alpha value is -2.02. The number of fused-ring (bicyclic) bond motifs is 3. The zero-order valence-corrected chi connectivity index (χ0v) is 21.8. The van der Waals surface area contributed by atoms with E-state index in [4.69, 9.17) is 0 Å². The zero-order chi connectivity index (χ0) is 23.4. The first kappa shape index (κ1) is 22.4. The van der Waals surface area contributed by atoms with Crippen LogP contribution in [0.3, 0.4) is 0 Å². The molecule has 6 rings (SSSR count). The van der Waals surface area contributed by atoms with Crippen LogP contribution in [0, 0.1) is 26.2 Å². The first-order valence-electron chi connectivity index (χ1n) is 13.1. The van der Waals surface area contributed by atoms with Crippen LogP contribution in [0.1, 0.15) is 102 Å². The summed E-state index contributed by atoms with van der Waals surface area (Å²) in [4.78, 5) is 1.37. The van der Waals surface area contributed by atoms with Crippen molar-refractivity contribution in [2.45, 2.75) is 84.2 Å². The van der Waals surface area contributed by atoms with Crippen molar-refractivity contribution in [3.05, 3.63) is 63.0 Å². The van der Waals surface area contributed by atoms with Gasteiger partial charge in [0, 0.05) is 17.0 Å². The summed E-state index contributed by atoms with van der Waals surface area (Å²) in [5.41, 5.74) is 6.26. The molecule has 1 saturated heterocycles. The molecule has 1 aromatic carbocycles. The van der Waals surface area contributed by atoms with Gasteiger partial charge in [-0.05, 0) is 93.9 Å². The van der Waals surface area contributed by atoms with Gasteiger partial charge in [-0.15, -0.1) is 21.5 Å². The third kappa shape index (κ3) is 3.57. The summed E-state index contributed by atoms with van der Waals surface area (Å²) in [6, 6.07) is 9.95. The molecule has 3 aromatic rings. The van der Waals surface area contributed by atoms with Gasteiger partial charge in [-0.1, -0.05) is 31.2 Å². The first-order chi connectivity index (χ1) is 16.5. The fraction of sp³-hybridized carbons (Fsp3) is 0.571. The number of benzene rings is 1. The van der Waals surface area contributed by atoms with E-state index in [1.807, 2.05) is 11.3 Å². The maximum Gasteiger partial charge on any atom is 0.155 e. The molecule has 2 aromatic heterocycles. The van der Waals surface area contributed by atoms with Crippen LogP contribution in [0.15, 0.2) is 24.3 Å². The molecule has 1 spiro atoms. The lowest BCUT2D eigenvalue weighted by atomic mass is 9.68. The van der Waals surface area contributed by atoms with Crippen molar-refractivity contribution in [1.29, 1.82) is 0 Å². The molecule has 0 amide bonds. The highest BCUT2D eigenvalue weighted by atomic mass is 32.1. The maximum atomic E-state index is 4.59. The second-order valence-corrected chi connectivity index (χ2v) is 12.1. The Morgan fingerprint density at radius 1 is 1.03 bits per heavy atom. The second-order valence-electron chi connectivity index (χ2n) is 10.9. The van der Waals surface area contributed by atoms with Crippen molar-refractivity contribution in [3.63, 3.8) is 0 Å². The smallest absolute Gasteiger partial charge is 0.155 e. The van der Waals surface area contributed by atoms with E-state index in [1.54, 1.807) is 0 Å². The Morgan fingerprint density at radius 3 is 2.44 bits per heavy atom. The third-order valence-corrected chi connectivity index (χ3v) is 10.2. The zero-order valence-electron chi connectivity index (χ0n) is 20.9. The van der Waals surface area contributed by atoms with Crippen LogP contribution in [0.4, 0.5) is 0 Å².